The Labute approximate surface area is 226 Å². The lowest BCUT2D eigenvalue weighted by atomic mass is 10.0. The van der Waals surface area contributed by atoms with Crippen molar-refractivity contribution in [1.29, 1.82) is 5.26 Å². The van der Waals surface area contributed by atoms with Crippen molar-refractivity contribution in [1.82, 2.24) is 19.0 Å². The van der Waals surface area contributed by atoms with E-state index in [2.05, 4.69) is 4.98 Å². The Bertz CT molecular complexity index is 1630. The third-order valence-corrected chi connectivity index (χ3v) is 6.79. The number of nitrogens with zero attached hydrogens (tertiary/aromatic N) is 5. The smallest absolute Gasteiger partial charge is 0.334 e. The summed E-state index contributed by atoms with van der Waals surface area (Å²) in [5, 5.41) is 9.55. The van der Waals surface area contributed by atoms with E-state index in [9.17, 15) is 14.9 Å². The van der Waals surface area contributed by atoms with Crippen molar-refractivity contribution in [2.75, 3.05) is 18.8 Å². The normalized spacial score (nSPS) is 15.9. The fourth-order valence-electron chi connectivity index (χ4n) is 5.08. The summed E-state index contributed by atoms with van der Waals surface area (Å²) in [6.45, 7) is 4.71. The minimum atomic E-state index is -0.303. The molecule has 2 aromatic heterocycles. The summed E-state index contributed by atoms with van der Waals surface area (Å²) < 4.78 is 9.17. The molecule has 1 atom stereocenters. The van der Waals surface area contributed by atoms with Gasteiger partial charge in [-0.25, -0.2) is 9.78 Å². The Balaban J connectivity index is 1.51. The molecule has 0 radical (unpaired) electrons. The van der Waals surface area contributed by atoms with Crippen LogP contribution in [0.15, 0.2) is 83.3 Å². The number of anilines is 1. The Kier molecular flexibility index (Phi) is 7.19. The third-order valence-electron chi connectivity index (χ3n) is 6.79. The van der Waals surface area contributed by atoms with Gasteiger partial charge in [-0.1, -0.05) is 38.1 Å². The maximum atomic E-state index is 14.0. The number of hydrogen-bond acceptors (Lipinski definition) is 6. The lowest BCUT2D eigenvalue weighted by Crippen LogP contribution is -2.43. The minimum absolute atomic E-state index is 0.0738. The number of allylic oxidation sites excluding steroid dienone is 1. The third kappa shape index (κ3) is 5.14. The maximum Gasteiger partial charge on any atom is 0.334 e. The molecule has 1 saturated heterocycles. The molecule has 0 saturated carbocycles. The van der Waals surface area contributed by atoms with Gasteiger partial charge in [-0.2, -0.15) is 5.26 Å². The zero-order valence-corrected chi connectivity index (χ0v) is 21.9. The molecule has 9 nitrogen and oxygen atoms in total. The van der Waals surface area contributed by atoms with E-state index in [1.54, 1.807) is 44.5 Å². The van der Waals surface area contributed by atoms with Crippen LogP contribution >= 0.6 is 0 Å². The Hall–Kier alpha value is -4.84. The molecule has 0 aliphatic carbocycles. The standard InChI is InChI=1S/C30H30N6O3/c1-20(2)17-21(18-31)29(37)34-16-6-7-23(19-34)35-26-14-15-33-28(32)27(26)36(30(35)38)22-10-12-25(13-11-22)39-24-8-4-3-5-9-24/h3-5,8-15,17,20,23H,6-7,16,19H2,1-2H3,(H2,32,33)/b21-17+/t23-/m1/s1. The number of hydrogen-bond donors (Lipinski definition) is 1. The van der Waals surface area contributed by atoms with Gasteiger partial charge < -0.3 is 15.4 Å². The van der Waals surface area contributed by atoms with Crippen molar-refractivity contribution in [3.05, 3.63) is 89.0 Å². The van der Waals surface area contributed by atoms with E-state index in [1.807, 2.05) is 62.4 Å². The molecule has 5 rings (SSSR count). The highest BCUT2D eigenvalue weighted by molar-refractivity contribution is 5.97. The van der Waals surface area contributed by atoms with Crippen LogP contribution in [0.2, 0.25) is 0 Å². The summed E-state index contributed by atoms with van der Waals surface area (Å²) in [5.41, 5.74) is 7.95. The van der Waals surface area contributed by atoms with Gasteiger partial charge >= 0.3 is 5.69 Å². The number of piperidine rings is 1. The number of carbonyl (C=O) groups is 1. The summed E-state index contributed by atoms with van der Waals surface area (Å²) in [7, 11) is 0. The molecule has 0 bridgehead atoms. The predicted molar refractivity (Wildman–Crippen MR) is 150 cm³/mol. The summed E-state index contributed by atoms with van der Waals surface area (Å²) in [5.74, 6) is 1.36. The molecule has 3 heterocycles. The first-order chi connectivity index (χ1) is 18.9. The van der Waals surface area contributed by atoms with Crippen molar-refractivity contribution in [2.24, 2.45) is 5.92 Å². The molecule has 198 valence electrons. The lowest BCUT2D eigenvalue weighted by Gasteiger charge is -2.33. The van der Waals surface area contributed by atoms with Gasteiger partial charge in [0.05, 0.1) is 17.2 Å². The van der Waals surface area contributed by atoms with E-state index in [0.29, 0.717) is 54.2 Å². The molecule has 2 N–H and O–H groups in total. The maximum absolute atomic E-state index is 14.0. The van der Waals surface area contributed by atoms with E-state index < -0.39 is 0 Å². The van der Waals surface area contributed by atoms with Gasteiger partial charge in [0.1, 0.15) is 34.5 Å². The van der Waals surface area contributed by atoms with Crippen LogP contribution in [0, 0.1) is 17.2 Å². The first-order valence-corrected chi connectivity index (χ1v) is 13.0. The first kappa shape index (κ1) is 25.8. The van der Waals surface area contributed by atoms with Crippen LogP contribution in [-0.4, -0.2) is 38.0 Å². The molecule has 0 unspecified atom stereocenters. The van der Waals surface area contributed by atoms with Crippen LogP contribution in [-0.2, 0) is 4.79 Å². The van der Waals surface area contributed by atoms with Gasteiger partial charge in [-0.15, -0.1) is 0 Å². The Morgan fingerprint density at radius 2 is 1.85 bits per heavy atom. The number of pyridine rings is 1. The SMILES string of the molecule is CC(C)/C=C(\C#N)C(=O)N1CCC[C@@H](n2c(=O)n(-c3ccc(Oc4ccccc4)cc3)c3c(N)nccc32)C1. The van der Waals surface area contributed by atoms with Gasteiger partial charge in [0, 0.05) is 19.3 Å². The van der Waals surface area contributed by atoms with Crippen LogP contribution in [0.1, 0.15) is 32.7 Å². The number of para-hydroxylation sites is 1. The fourth-order valence-corrected chi connectivity index (χ4v) is 5.08. The second kappa shape index (κ2) is 10.9. The second-order valence-electron chi connectivity index (χ2n) is 9.94. The van der Waals surface area contributed by atoms with Crippen molar-refractivity contribution < 1.29 is 9.53 Å². The van der Waals surface area contributed by atoms with Crippen LogP contribution < -0.4 is 16.2 Å². The van der Waals surface area contributed by atoms with Crippen molar-refractivity contribution in [2.45, 2.75) is 32.7 Å². The number of carbonyl (C=O) groups excluding carboxylic acids is 1. The summed E-state index contributed by atoms with van der Waals surface area (Å²) in [6, 6.07) is 20.2. The molecule has 4 aromatic rings. The quantitative estimate of drug-likeness (QED) is 0.286. The molecule has 2 aromatic carbocycles. The molecular formula is C30H30N6O3. The van der Waals surface area contributed by atoms with Crippen molar-refractivity contribution >= 4 is 22.8 Å². The lowest BCUT2D eigenvalue weighted by molar-refractivity contribution is -0.128. The molecule has 0 spiro atoms. The number of aromatic nitrogens is 3. The van der Waals surface area contributed by atoms with Gasteiger partial charge in [0.15, 0.2) is 0 Å². The minimum Gasteiger partial charge on any atom is -0.457 e. The number of nitrogens with two attached hydrogens (primary N) is 1. The molecular weight excluding hydrogens is 492 g/mol. The highest BCUT2D eigenvalue weighted by Crippen LogP contribution is 2.30. The number of imidazole rings is 1. The fraction of sp³-hybridized carbons (Fsp3) is 0.267. The van der Waals surface area contributed by atoms with E-state index >= 15 is 0 Å². The van der Waals surface area contributed by atoms with Gasteiger partial charge in [0.25, 0.3) is 5.91 Å². The number of fused-ring (bicyclic) bond motifs is 1. The van der Waals surface area contributed by atoms with Crippen molar-refractivity contribution in [3.63, 3.8) is 0 Å². The number of benzene rings is 2. The van der Waals surface area contributed by atoms with Crippen LogP contribution in [0.4, 0.5) is 5.82 Å². The van der Waals surface area contributed by atoms with Gasteiger partial charge in [-0.3, -0.25) is 13.9 Å². The zero-order valence-electron chi connectivity index (χ0n) is 21.9. The monoisotopic (exact) mass is 522 g/mol. The van der Waals surface area contributed by atoms with E-state index in [-0.39, 0.29) is 34.9 Å². The summed E-state index contributed by atoms with van der Waals surface area (Å²) in [4.78, 5) is 33.0. The molecule has 39 heavy (non-hydrogen) atoms. The zero-order chi connectivity index (χ0) is 27.5. The van der Waals surface area contributed by atoms with Gasteiger partial charge in [0.2, 0.25) is 0 Å². The van der Waals surface area contributed by atoms with Crippen LogP contribution in [0.25, 0.3) is 16.7 Å². The van der Waals surface area contributed by atoms with E-state index in [1.165, 1.54) is 0 Å². The number of likely N-dealkylation sites (tertiary alicyclic amines) is 1. The Morgan fingerprint density at radius 1 is 1.13 bits per heavy atom. The average molecular weight is 523 g/mol. The molecule has 1 aliphatic heterocycles. The van der Waals surface area contributed by atoms with Crippen LogP contribution in [0.5, 0.6) is 11.5 Å². The average Bonchev–Trinajstić information content (AvgIpc) is 3.25. The number of nitrogen functional groups attached to an aromatic ring is 1. The molecule has 1 amide bonds. The number of rotatable bonds is 6. The summed E-state index contributed by atoms with van der Waals surface area (Å²) >= 11 is 0. The molecule has 1 fully saturated rings. The molecule has 1 aliphatic rings. The Morgan fingerprint density at radius 3 is 2.54 bits per heavy atom. The van der Waals surface area contributed by atoms with Crippen LogP contribution in [0.3, 0.4) is 0 Å². The summed E-state index contributed by atoms with van der Waals surface area (Å²) in [6.07, 6.45) is 4.69. The first-order valence-electron chi connectivity index (χ1n) is 13.0. The number of nitriles is 1. The highest BCUT2D eigenvalue weighted by atomic mass is 16.5. The topological polar surface area (TPSA) is 119 Å². The number of amides is 1. The van der Waals surface area contributed by atoms with E-state index in [0.717, 1.165) is 0 Å². The number of ether oxygens (including phenoxy) is 1. The largest absolute Gasteiger partial charge is 0.457 e. The highest BCUT2D eigenvalue weighted by Gasteiger charge is 2.30. The second-order valence-corrected chi connectivity index (χ2v) is 9.94. The van der Waals surface area contributed by atoms with E-state index in [4.69, 9.17) is 10.5 Å². The van der Waals surface area contributed by atoms with Crippen molar-refractivity contribution in [3.8, 4) is 23.3 Å². The predicted octanol–water partition coefficient (Wildman–Crippen LogP) is 4.83. The molecule has 9 heteroatoms. The van der Waals surface area contributed by atoms with Gasteiger partial charge in [-0.05, 0) is 61.2 Å².